The van der Waals surface area contributed by atoms with Crippen LogP contribution in [0.15, 0.2) is 20.1 Å². The summed E-state index contributed by atoms with van der Waals surface area (Å²) >= 11 is 4.59. The molecule has 3 rings (SSSR count). The molecule has 2 heterocycles. The fraction of sp³-hybridized carbons (Fsp3) is 0.667. The Kier molecular flexibility index (Phi) is 5.20. The molecule has 3 atom stereocenters. The lowest BCUT2D eigenvalue weighted by Gasteiger charge is -2.29. The lowest BCUT2D eigenvalue weighted by atomic mass is 9.78. The minimum Gasteiger partial charge on any atom is -0.327 e. The van der Waals surface area contributed by atoms with Gasteiger partial charge in [0.1, 0.15) is 4.21 Å². The first kappa shape index (κ1) is 16.7. The van der Waals surface area contributed by atoms with Gasteiger partial charge in [-0.15, -0.1) is 23.7 Å². The van der Waals surface area contributed by atoms with Crippen LogP contribution in [0.5, 0.6) is 0 Å². The van der Waals surface area contributed by atoms with Crippen molar-refractivity contribution in [2.75, 3.05) is 13.1 Å². The molecule has 2 aliphatic rings. The zero-order valence-corrected chi connectivity index (χ0v) is 14.9. The third kappa shape index (κ3) is 2.94. The molecule has 1 aromatic heterocycles. The van der Waals surface area contributed by atoms with Gasteiger partial charge in [0, 0.05) is 19.1 Å². The van der Waals surface area contributed by atoms with Gasteiger partial charge in [0.2, 0.25) is 0 Å². The van der Waals surface area contributed by atoms with Gasteiger partial charge in [-0.25, -0.2) is 8.42 Å². The molecule has 0 aromatic carbocycles. The maximum Gasteiger partial charge on any atom is 0.252 e. The van der Waals surface area contributed by atoms with Crippen molar-refractivity contribution in [1.29, 1.82) is 0 Å². The van der Waals surface area contributed by atoms with Crippen LogP contribution in [0.3, 0.4) is 0 Å². The SMILES string of the molecule is Cl.NC1CCCC2CN(S(=O)(=O)c3ccc(Br)s3)CC12. The van der Waals surface area contributed by atoms with Crippen LogP contribution in [0.4, 0.5) is 0 Å². The fourth-order valence-electron chi connectivity index (χ4n) is 3.24. The quantitative estimate of drug-likeness (QED) is 0.828. The van der Waals surface area contributed by atoms with Crippen molar-refractivity contribution in [1.82, 2.24) is 4.31 Å². The Morgan fingerprint density at radius 3 is 2.65 bits per heavy atom. The number of hydrogen-bond donors (Lipinski definition) is 1. The first-order chi connectivity index (χ1) is 8.98. The van der Waals surface area contributed by atoms with Crippen molar-refractivity contribution in [3.05, 3.63) is 15.9 Å². The molecule has 0 radical (unpaired) electrons. The maximum atomic E-state index is 12.6. The Balaban J connectivity index is 0.00000147. The number of halogens is 2. The topological polar surface area (TPSA) is 63.4 Å². The van der Waals surface area contributed by atoms with Gasteiger partial charge in [0.05, 0.1) is 3.79 Å². The molecule has 1 saturated heterocycles. The highest BCUT2D eigenvalue weighted by atomic mass is 79.9. The van der Waals surface area contributed by atoms with E-state index in [0.717, 1.165) is 23.0 Å². The van der Waals surface area contributed by atoms with Gasteiger partial charge >= 0.3 is 0 Å². The summed E-state index contributed by atoms with van der Waals surface area (Å²) < 4.78 is 28.0. The summed E-state index contributed by atoms with van der Waals surface area (Å²) in [4.78, 5) is 0. The van der Waals surface area contributed by atoms with Crippen LogP contribution >= 0.6 is 39.7 Å². The van der Waals surface area contributed by atoms with Gasteiger partial charge < -0.3 is 5.73 Å². The smallest absolute Gasteiger partial charge is 0.252 e. The number of thiophene rings is 1. The number of sulfonamides is 1. The van der Waals surface area contributed by atoms with Gasteiger partial charge in [-0.3, -0.25) is 0 Å². The highest BCUT2D eigenvalue weighted by molar-refractivity contribution is 9.11. The zero-order chi connectivity index (χ0) is 13.6. The van der Waals surface area contributed by atoms with E-state index in [1.54, 1.807) is 16.4 Å². The summed E-state index contributed by atoms with van der Waals surface area (Å²) in [5, 5.41) is 0. The third-order valence-corrected chi connectivity index (χ3v) is 8.19. The Morgan fingerprint density at radius 2 is 2.05 bits per heavy atom. The zero-order valence-electron chi connectivity index (χ0n) is 10.9. The molecule has 4 nitrogen and oxygen atoms in total. The van der Waals surface area contributed by atoms with E-state index in [4.69, 9.17) is 5.73 Å². The second-order valence-electron chi connectivity index (χ2n) is 5.40. The largest absolute Gasteiger partial charge is 0.327 e. The molecule has 2 N–H and O–H groups in total. The lowest BCUT2D eigenvalue weighted by Crippen LogP contribution is -2.38. The van der Waals surface area contributed by atoms with Crippen LogP contribution < -0.4 is 5.73 Å². The summed E-state index contributed by atoms with van der Waals surface area (Å²) in [5.74, 6) is 0.786. The van der Waals surface area contributed by atoms with Crippen molar-refractivity contribution < 1.29 is 8.42 Å². The van der Waals surface area contributed by atoms with Crippen molar-refractivity contribution in [2.45, 2.75) is 29.5 Å². The molecule has 3 unspecified atom stereocenters. The molecule has 2 fully saturated rings. The molecule has 1 aliphatic carbocycles. The predicted molar refractivity (Wildman–Crippen MR) is 86.8 cm³/mol. The summed E-state index contributed by atoms with van der Waals surface area (Å²) in [7, 11) is -3.33. The van der Waals surface area contributed by atoms with E-state index < -0.39 is 10.0 Å². The van der Waals surface area contributed by atoms with E-state index >= 15 is 0 Å². The molecular weight excluding hydrogens is 384 g/mol. The maximum absolute atomic E-state index is 12.6. The van der Waals surface area contributed by atoms with Gasteiger partial charge in [-0.1, -0.05) is 6.42 Å². The van der Waals surface area contributed by atoms with Crippen molar-refractivity contribution in [2.24, 2.45) is 17.6 Å². The molecular formula is C12H18BrClN2O2S2. The molecule has 1 aliphatic heterocycles. The fourth-order valence-corrected chi connectivity index (χ4v) is 6.93. The summed E-state index contributed by atoms with van der Waals surface area (Å²) in [6.45, 7) is 1.22. The average Bonchev–Trinajstić information content (AvgIpc) is 2.96. The van der Waals surface area contributed by atoms with E-state index in [1.807, 2.05) is 0 Å². The van der Waals surface area contributed by atoms with E-state index in [0.29, 0.717) is 29.1 Å². The Labute approximate surface area is 138 Å². The Bertz CT molecular complexity index is 578. The third-order valence-electron chi connectivity index (χ3n) is 4.26. The first-order valence-corrected chi connectivity index (χ1v) is 9.54. The predicted octanol–water partition coefficient (Wildman–Crippen LogP) is 2.68. The lowest BCUT2D eigenvalue weighted by molar-refractivity contribution is 0.260. The minimum atomic E-state index is -3.33. The van der Waals surface area contributed by atoms with Crippen LogP contribution in [0, 0.1) is 11.8 Å². The Morgan fingerprint density at radius 1 is 1.30 bits per heavy atom. The first-order valence-electron chi connectivity index (χ1n) is 6.49. The highest BCUT2D eigenvalue weighted by Gasteiger charge is 2.43. The van der Waals surface area contributed by atoms with Crippen LogP contribution in [0.1, 0.15) is 19.3 Å². The number of rotatable bonds is 2. The van der Waals surface area contributed by atoms with Crippen molar-refractivity contribution >= 4 is 49.7 Å². The number of fused-ring (bicyclic) bond motifs is 1. The summed E-state index contributed by atoms with van der Waals surface area (Å²) in [6.07, 6.45) is 3.26. The normalized spacial score (nSPS) is 30.8. The van der Waals surface area contributed by atoms with Gasteiger partial charge in [-0.05, 0) is 52.7 Å². The molecule has 1 aromatic rings. The molecule has 0 amide bonds. The molecule has 20 heavy (non-hydrogen) atoms. The van der Waals surface area contributed by atoms with Crippen LogP contribution in [-0.2, 0) is 10.0 Å². The number of hydrogen-bond acceptors (Lipinski definition) is 4. The molecule has 8 heteroatoms. The van der Waals surface area contributed by atoms with Crippen molar-refractivity contribution in [3.8, 4) is 0 Å². The molecule has 114 valence electrons. The summed E-state index contributed by atoms with van der Waals surface area (Å²) in [6, 6.07) is 3.62. The number of nitrogens with two attached hydrogens (primary N) is 1. The molecule has 0 bridgehead atoms. The van der Waals surface area contributed by atoms with Gasteiger partial charge in [-0.2, -0.15) is 4.31 Å². The van der Waals surface area contributed by atoms with Crippen LogP contribution in [0.25, 0.3) is 0 Å². The van der Waals surface area contributed by atoms with Crippen LogP contribution in [-0.4, -0.2) is 31.9 Å². The minimum absolute atomic E-state index is 0. The standard InChI is InChI=1S/C12H17BrN2O2S2.ClH/c13-11-4-5-12(18-11)19(16,17)15-6-8-2-1-3-10(14)9(8)7-15;/h4-5,8-10H,1-3,6-7,14H2;1H. The second-order valence-corrected chi connectivity index (χ2v) is 10.0. The Hall–Kier alpha value is 0.340. The monoisotopic (exact) mass is 400 g/mol. The second kappa shape index (κ2) is 6.22. The summed E-state index contributed by atoms with van der Waals surface area (Å²) in [5.41, 5.74) is 6.14. The van der Waals surface area contributed by atoms with E-state index in [9.17, 15) is 8.42 Å². The van der Waals surface area contributed by atoms with Crippen molar-refractivity contribution in [3.63, 3.8) is 0 Å². The molecule has 0 spiro atoms. The molecule has 1 saturated carbocycles. The average molecular weight is 402 g/mol. The van der Waals surface area contributed by atoms with Gasteiger partial charge in [0.25, 0.3) is 10.0 Å². The highest BCUT2D eigenvalue weighted by Crippen LogP contribution is 2.39. The van der Waals surface area contributed by atoms with Crippen LogP contribution in [0.2, 0.25) is 0 Å². The van der Waals surface area contributed by atoms with E-state index in [-0.39, 0.29) is 18.4 Å². The van der Waals surface area contributed by atoms with E-state index in [1.165, 1.54) is 11.3 Å². The van der Waals surface area contributed by atoms with Gasteiger partial charge in [0.15, 0.2) is 0 Å². The number of nitrogens with zero attached hydrogens (tertiary/aromatic N) is 1. The van der Waals surface area contributed by atoms with E-state index in [2.05, 4.69) is 15.9 Å².